The van der Waals surface area contributed by atoms with Crippen molar-refractivity contribution in [2.75, 3.05) is 20.7 Å². The lowest BCUT2D eigenvalue weighted by molar-refractivity contribution is 0.375. The van der Waals surface area contributed by atoms with E-state index in [0.717, 1.165) is 23.4 Å². The molecule has 1 rings (SSSR count). The molecule has 0 amide bonds. The molecule has 0 aliphatic rings. The van der Waals surface area contributed by atoms with Crippen molar-refractivity contribution in [1.29, 1.82) is 0 Å². The molecule has 0 aliphatic carbocycles. The van der Waals surface area contributed by atoms with Crippen LogP contribution in [0.15, 0.2) is 28.2 Å². The molecule has 17 heavy (non-hydrogen) atoms. The highest BCUT2D eigenvalue weighted by molar-refractivity contribution is 6.31. The minimum Gasteiger partial charge on any atom is -0.487 e. The van der Waals surface area contributed by atoms with Gasteiger partial charge in [0.05, 0.1) is 5.71 Å². The molecule has 3 nitrogen and oxygen atoms in total. The van der Waals surface area contributed by atoms with E-state index in [1.165, 1.54) is 5.56 Å². The topological polar surface area (TPSA) is 34.0 Å². The van der Waals surface area contributed by atoms with Crippen LogP contribution in [-0.2, 0) is 6.42 Å². The third-order valence-electron chi connectivity index (χ3n) is 2.59. The van der Waals surface area contributed by atoms with E-state index in [4.69, 9.17) is 4.74 Å². The Morgan fingerprint density at radius 2 is 2.12 bits per heavy atom. The Labute approximate surface area is 103 Å². The predicted octanol–water partition coefficient (Wildman–Crippen LogP) is 2.71. The molecule has 0 radical (unpaired) electrons. The Balaban J connectivity index is 2.69. The average molecular weight is 232 g/mol. The van der Waals surface area contributed by atoms with Crippen LogP contribution < -0.4 is 4.74 Å². The summed E-state index contributed by atoms with van der Waals surface area (Å²) >= 11 is 0. The lowest BCUT2D eigenvalue weighted by Crippen LogP contribution is -2.13. The summed E-state index contributed by atoms with van der Waals surface area (Å²) in [7, 11) is 3.47. The number of aliphatic imine (C=N–C) groups is 2. The maximum atomic E-state index is 5.72. The molecule has 0 aliphatic heterocycles. The van der Waals surface area contributed by atoms with Crippen LogP contribution in [0.3, 0.4) is 0 Å². The zero-order chi connectivity index (χ0) is 12.7. The highest BCUT2D eigenvalue weighted by Crippen LogP contribution is 2.19. The van der Waals surface area contributed by atoms with Crippen molar-refractivity contribution in [2.45, 2.75) is 20.3 Å². The molecular weight excluding hydrogens is 212 g/mol. The standard InChI is InChI=1S/C14H20N2O/c1-5-12-6-7-14(11(2)8-12)17-10-13(16-4)9-15-3/h6-9H,5,10H2,1-4H3. The fourth-order valence-corrected chi connectivity index (χ4v) is 1.55. The largest absolute Gasteiger partial charge is 0.487 e. The summed E-state index contributed by atoms with van der Waals surface area (Å²) in [6.45, 7) is 4.67. The molecule has 0 atom stereocenters. The maximum absolute atomic E-state index is 5.72. The monoisotopic (exact) mass is 232 g/mol. The summed E-state index contributed by atoms with van der Waals surface area (Å²) in [6.07, 6.45) is 2.76. The first-order valence-corrected chi connectivity index (χ1v) is 5.81. The van der Waals surface area contributed by atoms with Gasteiger partial charge >= 0.3 is 0 Å². The Hall–Kier alpha value is -1.64. The van der Waals surface area contributed by atoms with Crippen molar-refractivity contribution in [1.82, 2.24) is 0 Å². The van der Waals surface area contributed by atoms with Gasteiger partial charge < -0.3 is 4.74 Å². The van der Waals surface area contributed by atoms with Gasteiger partial charge in [0.1, 0.15) is 12.4 Å². The van der Waals surface area contributed by atoms with Crippen molar-refractivity contribution >= 4 is 11.9 Å². The van der Waals surface area contributed by atoms with Crippen LogP contribution in [0.2, 0.25) is 0 Å². The van der Waals surface area contributed by atoms with E-state index in [2.05, 4.69) is 36.0 Å². The van der Waals surface area contributed by atoms with Gasteiger partial charge in [-0.1, -0.05) is 19.1 Å². The predicted molar refractivity (Wildman–Crippen MR) is 73.8 cm³/mol. The maximum Gasteiger partial charge on any atom is 0.131 e. The fourth-order valence-electron chi connectivity index (χ4n) is 1.55. The quantitative estimate of drug-likeness (QED) is 0.719. The van der Waals surface area contributed by atoms with Gasteiger partial charge in [0.25, 0.3) is 0 Å². The molecule has 92 valence electrons. The molecule has 1 aromatic carbocycles. The van der Waals surface area contributed by atoms with Crippen LogP contribution in [0, 0.1) is 6.92 Å². The summed E-state index contributed by atoms with van der Waals surface area (Å²) in [4.78, 5) is 8.03. The first-order valence-electron chi connectivity index (χ1n) is 5.81. The minimum atomic E-state index is 0.458. The molecule has 3 heteroatoms. The fraction of sp³-hybridized carbons (Fsp3) is 0.429. The lowest BCUT2D eigenvalue weighted by atomic mass is 10.1. The number of aryl methyl sites for hydroxylation is 2. The smallest absolute Gasteiger partial charge is 0.131 e. The summed E-state index contributed by atoms with van der Waals surface area (Å²) in [6, 6.07) is 6.27. The van der Waals surface area contributed by atoms with Crippen molar-refractivity contribution in [3.63, 3.8) is 0 Å². The van der Waals surface area contributed by atoms with E-state index in [1.54, 1.807) is 20.3 Å². The van der Waals surface area contributed by atoms with Crippen LogP contribution in [0.25, 0.3) is 0 Å². The summed E-state index contributed by atoms with van der Waals surface area (Å²) < 4.78 is 5.72. The summed E-state index contributed by atoms with van der Waals surface area (Å²) in [5, 5.41) is 0. The highest BCUT2D eigenvalue weighted by Gasteiger charge is 2.02. The van der Waals surface area contributed by atoms with E-state index < -0.39 is 0 Å². The van der Waals surface area contributed by atoms with Gasteiger partial charge in [0.15, 0.2) is 0 Å². The van der Waals surface area contributed by atoms with Gasteiger partial charge in [-0.15, -0.1) is 0 Å². The first-order chi connectivity index (χ1) is 8.21. The van der Waals surface area contributed by atoms with E-state index in [9.17, 15) is 0 Å². The van der Waals surface area contributed by atoms with E-state index >= 15 is 0 Å². The number of rotatable bonds is 5. The molecule has 0 spiro atoms. The Kier molecular flexibility index (Phi) is 5.40. The molecule has 0 aromatic heterocycles. The zero-order valence-electron chi connectivity index (χ0n) is 11.0. The molecule has 0 heterocycles. The molecule has 0 bridgehead atoms. The van der Waals surface area contributed by atoms with Crippen molar-refractivity contribution in [2.24, 2.45) is 9.98 Å². The first kappa shape index (κ1) is 13.4. The molecule has 0 saturated heterocycles. The lowest BCUT2D eigenvalue weighted by Gasteiger charge is -2.09. The van der Waals surface area contributed by atoms with Gasteiger partial charge in [0.2, 0.25) is 0 Å². The Bertz CT molecular complexity index is 422. The van der Waals surface area contributed by atoms with Crippen LogP contribution in [0.5, 0.6) is 5.75 Å². The van der Waals surface area contributed by atoms with Crippen molar-refractivity contribution in [3.8, 4) is 5.75 Å². The number of nitrogens with zero attached hydrogens (tertiary/aromatic N) is 2. The minimum absolute atomic E-state index is 0.458. The Morgan fingerprint density at radius 1 is 1.35 bits per heavy atom. The highest BCUT2D eigenvalue weighted by atomic mass is 16.5. The third kappa shape index (κ3) is 4.02. The van der Waals surface area contributed by atoms with Gasteiger partial charge in [-0.05, 0) is 30.5 Å². The molecule has 0 fully saturated rings. The number of benzene rings is 1. The molecular formula is C14H20N2O. The Morgan fingerprint density at radius 3 is 2.65 bits per heavy atom. The number of ether oxygens (including phenoxy) is 1. The summed E-state index contributed by atoms with van der Waals surface area (Å²) in [5.74, 6) is 0.910. The van der Waals surface area contributed by atoms with Crippen LogP contribution in [-0.4, -0.2) is 32.6 Å². The second-order valence-electron chi connectivity index (χ2n) is 3.84. The van der Waals surface area contributed by atoms with E-state index in [-0.39, 0.29) is 0 Å². The van der Waals surface area contributed by atoms with Crippen LogP contribution in [0.4, 0.5) is 0 Å². The van der Waals surface area contributed by atoms with Crippen LogP contribution >= 0.6 is 0 Å². The zero-order valence-corrected chi connectivity index (χ0v) is 11.0. The van der Waals surface area contributed by atoms with Crippen LogP contribution in [0.1, 0.15) is 18.1 Å². The van der Waals surface area contributed by atoms with Crippen molar-refractivity contribution in [3.05, 3.63) is 29.3 Å². The average Bonchev–Trinajstić information content (AvgIpc) is 2.35. The normalized spacial score (nSPS) is 12.1. The van der Waals surface area contributed by atoms with E-state index in [0.29, 0.717) is 6.61 Å². The number of hydrogen-bond donors (Lipinski definition) is 0. The number of hydrogen-bond acceptors (Lipinski definition) is 3. The molecule has 0 N–H and O–H groups in total. The summed E-state index contributed by atoms with van der Waals surface area (Å²) in [5.41, 5.74) is 3.33. The molecule has 0 unspecified atom stereocenters. The van der Waals surface area contributed by atoms with E-state index in [1.807, 2.05) is 6.07 Å². The molecule has 1 aromatic rings. The van der Waals surface area contributed by atoms with Gasteiger partial charge in [-0.3, -0.25) is 9.98 Å². The second-order valence-corrected chi connectivity index (χ2v) is 3.84. The van der Waals surface area contributed by atoms with Gasteiger partial charge in [-0.2, -0.15) is 0 Å². The second kappa shape index (κ2) is 6.84. The van der Waals surface area contributed by atoms with Crippen molar-refractivity contribution < 1.29 is 4.74 Å². The third-order valence-corrected chi connectivity index (χ3v) is 2.59. The van der Waals surface area contributed by atoms with Gasteiger partial charge in [0, 0.05) is 20.3 Å². The van der Waals surface area contributed by atoms with Gasteiger partial charge in [-0.25, -0.2) is 0 Å². The molecule has 0 saturated carbocycles. The SMILES string of the molecule is CCc1ccc(OCC(C=NC)=NC)c(C)c1.